The summed E-state index contributed by atoms with van der Waals surface area (Å²) in [5.41, 5.74) is -0.428. The molecule has 1 fully saturated rings. The maximum Gasteiger partial charge on any atom is 0.416 e. The quantitative estimate of drug-likeness (QED) is 0.779. The highest BCUT2D eigenvalue weighted by Crippen LogP contribution is 2.30. The van der Waals surface area contributed by atoms with E-state index in [1.165, 1.54) is 12.1 Å². The van der Waals surface area contributed by atoms with Gasteiger partial charge in [-0.25, -0.2) is 0 Å². The van der Waals surface area contributed by atoms with Gasteiger partial charge in [-0.15, -0.1) is 0 Å². The zero-order chi connectivity index (χ0) is 18.6. The van der Waals surface area contributed by atoms with Crippen LogP contribution in [0.3, 0.4) is 0 Å². The smallest absolute Gasteiger partial charge is 0.337 e. The molecule has 2 atom stereocenters. The van der Waals surface area contributed by atoms with Crippen LogP contribution < -0.4 is 0 Å². The van der Waals surface area contributed by atoms with Crippen LogP contribution in [0, 0.1) is 0 Å². The van der Waals surface area contributed by atoms with E-state index in [0.29, 0.717) is 11.6 Å². The Morgan fingerprint density at radius 2 is 1.64 bits per heavy atom. The van der Waals surface area contributed by atoms with Gasteiger partial charge in [-0.2, -0.15) is 13.2 Å². The Morgan fingerprint density at radius 3 is 2.16 bits per heavy atom. The van der Waals surface area contributed by atoms with E-state index in [9.17, 15) is 18.0 Å². The van der Waals surface area contributed by atoms with Gasteiger partial charge in [0.25, 0.3) is 5.91 Å². The van der Waals surface area contributed by atoms with Crippen LogP contribution >= 0.6 is 0 Å². The van der Waals surface area contributed by atoms with Gasteiger partial charge in [-0.1, -0.05) is 19.8 Å². The lowest BCUT2D eigenvalue weighted by atomic mass is 9.88. The fraction of sp³-hybridized carbons (Fsp3) is 0.632. The van der Waals surface area contributed by atoms with Crippen molar-refractivity contribution in [3.8, 4) is 0 Å². The Morgan fingerprint density at radius 1 is 1.08 bits per heavy atom. The molecule has 1 saturated carbocycles. The summed E-state index contributed by atoms with van der Waals surface area (Å²) in [4.78, 5) is 16.8. The molecule has 0 unspecified atom stereocenters. The van der Waals surface area contributed by atoms with Crippen LogP contribution in [0.5, 0.6) is 0 Å². The summed E-state index contributed by atoms with van der Waals surface area (Å²) < 4.78 is 38.0. The Kier molecular flexibility index (Phi) is 6.49. The summed E-state index contributed by atoms with van der Waals surface area (Å²) >= 11 is 0. The molecular weight excluding hydrogens is 329 g/mol. The SMILES string of the molecule is CCCN(C)[C@@H]1CCCC[C@H]1N(C)C(=O)c1ccc(C(F)(F)F)cc1. The largest absolute Gasteiger partial charge is 0.416 e. The van der Waals surface area contributed by atoms with Crippen LogP contribution in [0.15, 0.2) is 24.3 Å². The standard InChI is InChI=1S/C19H27F3N2O/c1-4-13-23(2)16-7-5-6-8-17(16)24(3)18(25)14-9-11-15(12-10-14)19(20,21)22/h9-12,16-17H,4-8,13H2,1-3H3/t16-,17-/m1/s1. The Bertz CT molecular complexity index is 571. The second kappa shape index (κ2) is 8.21. The summed E-state index contributed by atoms with van der Waals surface area (Å²) in [5.74, 6) is -0.212. The summed E-state index contributed by atoms with van der Waals surface area (Å²) in [7, 11) is 3.85. The van der Waals surface area contributed by atoms with Gasteiger partial charge < -0.3 is 9.80 Å². The molecule has 1 aromatic rings. The molecule has 140 valence electrons. The topological polar surface area (TPSA) is 23.6 Å². The fourth-order valence-corrected chi connectivity index (χ4v) is 3.73. The average Bonchev–Trinajstić information content (AvgIpc) is 2.60. The molecule has 3 nitrogen and oxygen atoms in total. The maximum absolute atomic E-state index is 12.8. The second-order valence-electron chi connectivity index (χ2n) is 6.89. The third-order valence-electron chi connectivity index (χ3n) is 5.11. The summed E-state index contributed by atoms with van der Waals surface area (Å²) in [5, 5.41) is 0. The van der Waals surface area contributed by atoms with Gasteiger partial charge >= 0.3 is 6.18 Å². The number of hydrogen-bond donors (Lipinski definition) is 0. The molecule has 25 heavy (non-hydrogen) atoms. The van der Waals surface area contributed by atoms with Crippen molar-refractivity contribution < 1.29 is 18.0 Å². The molecule has 1 aliphatic carbocycles. The minimum absolute atomic E-state index is 0.0973. The van der Waals surface area contributed by atoms with Crippen molar-refractivity contribution in [1.29, 1.82) is 0 Å². The Hall–Kier alpha value is -1.56. The van der Waals surface area contributed by atoms with Gasteiger partial charge in [0.05, 0.1) is 5.56 Å². The molecule has 0 heterocycles. The first-order valence-corrected chi connectivity index (χ1v) is 8.90. The van der Waals surface area contributed by atoms with Crippen LogP contribution in [0.1, 0.15) is 54.9 Å². The van der Waals surface area contributed by atoms with E-state index < -0.39 is 11.7 Å². The fourth-order valence-electron chi connectivity index (χ4n) is 3.73. The number of carbonyl (C=O) groups excluding carboxylic acids is 1. The van der Waals surface area contributed by atoms with E-state index in [4.69, 9.17) is 0 Å². The highest BCUT2D eigenvalue weighted by atomic mass is 19.4. The molecule has 1 aromatic carbocycles. The number of nitrogens with zero attached hydrogens (tertiary/aromatic N) is 2. The number of hydrogen-bond acceptors (Lipinski definition) is 2. The van der Waals surface area contributed by atoms with E-state index >= 15 is 0 Å². The average molecular weight is 356 g/mol. The van der Waals surface area contributed by atoms with Crippen molar-refractivity contribution in [2.24, 2.45) is 0 Å². The predicted molar refractivity (Wildman–Crippen MR) is 92.5 cm³/mol. The van der Waals surface area contributed by atoms with Crippen LogP contribution in [0.25, 0.3) is 0 Å². The molecule has 0 aromatic heterocycles. The number of rotatable bonds is 5. The molecule has 1 aliphatic rings. The van der Waals surface area contributed by atoms with E-state index in [2.05, 4.69) is 18.9 Å². The van der Waals surface area contributed by atoms with Crippen molar-refractivity contribution in [1.82, 2.24) is 9.80 Å². The van der Waals surface area contributed by atoms with E-state index in [1.54, 1.807) is 11.9 Å². The first-order chi connectivity index (χ1) is 11.8. The maximum atomic E-state index is 12.8. The van der Waals surface area contributed by atoms with Crippen LogP contribution in [-0.4, -0.2) is 48.4 Å². The summed E-state index contributed by atoms with van der Waals surface area (Å²) in [6, 6.07) is 4.90. The molecule has 0 radical (unpaired) electrons. The molecule has 6 heteroatoms. The summed E-state index contributed by atoms with van der Waals surface area (Å²) in [6.07, 6.45) is 0.873. The Balaban J connectivity index is 2.14. The van der Waals surface area contributed by atoms with Crippen molar-refractivity contribution in [3.05, 3.63) is 35.4 Å². The van der Waals surface area contributed by atoms with Crippen molar-refractivity contribution in [3.63, 3.8) is 0 Å². The van der Waals surface area contributed by atoms with Gasteiger partial charge in [0.2, 0.25) is 0 Å². The number of likely N-dealkylation sites (N-methyl/N-ethyl adjacent to an activating group) is 2. The molecule has 2 rings (SSSR count). The first-order valence-electron chi connectivity index (χ1n) is 8.90. The van der Waals surface area contributed by atoms with Crippen molar-refractivity contribution in [2.45, 2.75) is 57.3 Å². The molecular formula is C19H27F3N2O. The Labute approximate surface area is 147 Å². The zero-order valence-electron chi connectivity index (χ0n) is 15.1. The molecule has 0 spiro atoms. The van der Waals surface area contributed by atoms with Gasteiger partial charge in [0.1, 0.15) is 0 Å². The molecule has 0 N–H and O–H groups in total. The third-order valence-corrected chi connectivity index (χ3v) is 5.11. The van der Waals surface area contributed by atoms with Crippen LogP contribution in [0.4, 0.5) is 13.2 Å². The summed E-state index contributed by atoms with van der Waals surface area (Å²) in [6.45, 7) is 3.11. The predicted octanol–water partition coefficient (Wildman–Crippen LogP) is 4.43. The van der Waals surface area contributed by atoms with Gasteiger partial charge in [0.15, 0.2) is 0 Å². The van der Waals surface area contributed by atoms with Crippen molar-refractivity contribution in [2.75, 3.05) is 20.6 Å². The number of halogens is 3. The zero-order valence-corrected chi connectivity index (χ0v) is 15.1. The number of alkyl halides is 3. The van der Waals surface area contributed by atoms with E-state index in [1.807, 2.05) is 0 Å². The lowest BCUT2D eigenvalue weighted by Gasteiger charge is -2.42. The van der Waals surface area contributed by atoms with E-state index in [-0.39, 0.29) is 11.9 Å². The van der Waals surface area contributed by atoms with E-state index in [0.717, 1.165) is 50.8 Å². The monoisotopic (exact) mass is 356 g/mol. The van der Waals surface area contributed by atoms with Crippen LogP contribution in [-0.2, 0) is 6.18 Å². The number of amides is 1. The number of carbonyl (C=O) groups is 1. The molecule has 0 aliphatic heterocycles. The highest BCUT2D eigenvalue weighted by Gasteiger charge is 2.34. The highest BCUT2D eigenvalue weighted by molar-refractivity contribution is 5.94. The molecule has 0 saturated heterocycles. The lowest BCUT2D eigenvalue weighted by Crippen LogP contribution is -2.52. The molecule has 1 amide bonds. The molecule has 0 bridgehead atoms. The van der Waals surface area contributed by atoms with Crippen LogP contribution in [0.2, 0.25) is 0 Å². The third kappa shape index (κ3) is 4.75. The normalized spacial score (nSPS) is 21.4. The minimum Gasteiger partial charge on any atom is -0.337 e. The minimum atomic E-state index is -4.38. The first kappa shape index (κ1) is 19.8. The lowest BCUT2D eigenvalue weighted by molar-refractivity contribution is -0.137. The number of benzene rings is 1. The van der Waals surface area contributed by atoms with Gasteiger partial charge in [-0.3, -0.25) is 4.79 Å². The van der Waals surface area contributed by atoms with Gasteiger partial charge in [0, 0.05) is 24.7 Å². The van der Waals surface area contributed by atoms with Crippen molar-refractivity contribution >= 4 is 5.91 Å². The van der Waals surface area contributed by atoms with Gasteiger partial charge in [-0.05, 0) is 57.1 Å². The second-order valence-corrected chi connectivity index (χ2v) is 6.89.